The highest BCUT2D eigenvalue weighted by molar-refractivity contribution is 5.79. The second-order valence-corrected chi connectivity index (χ2v) is 5.24. The first kappa shape index (κ1) is 17.0. The minimum Gasteiger partial charge on any atom is -0.383 e. The van der Waals surface area contributed by atoms with E-state index in [-0.39, 0.29) is 0 Å². The van der Waals surface area contributed by atoms with E-state index in [1.165, 1.54) is 5.56 Å². The van der Waals surface area contributed by atoms with Crippen molar-refractivity contribution < 1.29 is 4.74 Å². The molecule has 0 aliphatic carbocycles. The summed E-state index contributed by atoms with van der Waals surface area (Å²) in [5.41, 5.74) is 4.41. The van der Waals surface area contributed by atoms with Crippen LogP contribution in [-0.4, -0.2) is 43.0 Å². The Kier molecular flexibility index (Phi) is 6.17. The van der Waals surface area contributed by atoms with E-state index in [1.54, 1.807) is 14.2 Å². The van der Waals surface area contributed by atoms with Crippen LogP contribution < -0.4 is 10.6 Å². The summed E-state index contributed by atoms with van der Waals surface area (Å²) < 4.78 is 7.01. The van der Waals surface area contributed by atoms with E-state index < -0.39 is 0 Å². The van der Waals surface area contributed by atoms with Gasteiger partial charge in [-0.25, -0.2) is 4.68 Å². The van der Waals surface area contributed by atoms with Gasteiger partial charge in [-0.1, -0.05) is 18.2 Å². The number of methoxy groups -OCH3 is 1. The lowest BCUT2D eigenvalue weighted by atomic mass is 10.2. The molecule has 124 valence electrons. The molecular weight excluding hydrogens is 290 g/mol. The number of aliphatic imine (C=N–C) groups is 1. The van der Waals surface area contributed by atoms with Crippen LogP contribution in [0.2, 0.25) is 0 Å². The van der Waals surface area contributed by atoms with Crippen LogP contribution in [0.25, 0.3) is 5.69 Å². The summed E-state index contributed by atoms with van der Waals surface area (Å²) >= 11 is 0. The minimum absolute atomic E-state index is 0.644. The molecule has 0 saturated heterocycles. The number of rotatable bonds is 6. The summed E-state index contributed by atoms with van der Waals surface area (Å²) in [7, 11) is 3.44. The van der Waals surface area contributed by atoms with E-state index in [0.29, 0.717) is 13.2 Å². The van der Waals surface area contributed by atoms with Gasteiger partial charge in [-0.05, 0) is 26.0 Å². The largest absolute Gasteiger partial charge is 0.383 e. The van der Waals surface area contributed by atoms with Crippen molar-refractivity contribution in [3.05, 3.63) is 47.3 Å². The zero-order chi connectivity index (χ0) is 16.7. The van der Waals surface area contributed by atoms with Gasteiger partial charge in [-0.3, -0.25) is 4.99 Å². The van der Waals surface area contributed by atoms with Gasteiger partial charge in [0.1, 0.15) is 0 Å². The molecule has 0 aliphatic rings. The molecule has 0 radical (unpaired) electrons. The summed E-state index contributed by atoms with van der Waals surface area (Å²) in [4.78, 5) is 4.21. The molecule has 2 rings (SSSR count). The van der Waals surface area contributed by atoms with Gasteiger partial charge in [0.15, 0.2) is 5.96 Å². The lowest BCUT2D eigenvalue weighted by Crippen LogP contribution is -2.38. The molecule has 0 fully saturated rings. The fraction of sp³-hybridized carbons (Fsp3) is 0.412. The molecule has 0 aliphatic heterocycles. The van der Waals surface area contributed by atoms with Gasteiger partial charge in [-0.2, -0.15) is 5.10 Å². The van der Waals surface area contributed by atoms with Gasteiger partial charge < -0.3 is 15.4 Å². The standard InChI is InChI=1S/C17H25N5O/c1-13-16(12-20-17(18-3)19-10-11-23-4)14(2)22(21-13)15-8-6-5-7-9-15/h5-9H,10-12H2,1-4H3,(H2,18,19,20). The molecule has 0 bridgehead atoms. The summed E-state index contributed by atoms with van der Waals surface area (Å²) in [5, 5.41) is 11.2. The average Bonchev–Trinajstić information content (AvgIpc) is 2.86. The Balaban J connectivity index is 2.08. The predicted octanol–water partition coefficient (Wildman–Crippen LogP) is 1.80. The first-order chi connectivity index (χ1) is 11.2. The molecule has 6 nitrogen and oxygen atoms in total. The van der Waals surface area contributed by atoms with Crippen molar-refractivity contribution in [2.45, 2.75) is 20.4 Å². The smallest absolute Gasteiger partial charge is 0.191 e. The number of nitrogens with one attached hydrogen (secondary N) is 2. The molecule has 0 spiro atoms. The Hall–Kier alpha value is -2.34. The maximum atomic E-state index is 5.03. The first-order valence-electron chi connectivity index (χ1n) is 7.71. The van der Waals surface area contributed by atoms with Crippen LogP contribution in [0.15, 0.2) is 35.3 Å². The maximum Gasteiger partial charge on any atom is 0.191 e. The second-order valence-electron chi connectivity index (χ2n) is 5.24. The van der Waals surface area contributed by atoms with Crippen molar-refractivity contribution >= 4 is 5.96 Å². The Morgan fingerprint density at radius 3 is 2.61 bits per heavy atom. The molecule has 1 aromatic carbocycles. The number of guanidine groups is 1. The van der Waals surface area contributed by atoms with E-state index >= 15 is 0 Å². The number of aromatic nitrogens is 2. The zero-order valence-corrected chi connectivity index (χ0v) is 14.3. The summed E-state index contributed by atoms with van der Waals surface area (Å²) in [6, 6.07) is 10.2. The van der Waals surface area contributed by atoms with Crippen LogP contribution in [0.1, 0.15) is 17.0 Å². The summed E-state index contributed by atoms with van der Waals surface area (Å²) in [5.74, 6) is 0.758. The van der Waals surface area contributed by atoms with Crippen LogP contribution in [0.4, 0.5) is 0 Å². The maximum absolute atomic E-state index is 5.03. The minimum atomic E-state index is 0.644. The Bertz CT molecular complexity index is 649. The number of para-hydroxylation sites is 1. The third-order valence-corrected chi connectivity index (χ3v) is 3.70. The topological polar surface area (TPSA) is 63.5 Å². The normalized spacial score (nSPS) is 11.6. The van der Waals surface area contributed by atoms with Crippen molar-refractivity contribution in [1.29, 1.82) is 0 Å². The van der Waals surface area contributed by atoms with E-state index in [9.17, 15) is 0 Å². The molecule has 6 heteroatoms. The number of aryl methyl sites for hydroxylation is 1. The highest BCUT2D eigenvalue weighted by Gasteiger charge is 2.12. The van der Waals surface area contributed by atoms with Gasteiger partial charge in [0.25, 0.3) is 0 Å². The molecular formula is C17H25N5O. The van der Waals surface area contributed by atoms with Crippen LogP contribution in [0.5, 0.6) is 0 Å². The molecule has 2 N–H and O–H groups in total. The van der Waals surface area contributed by atoms with Crippen molar-refractivity contribution in [3.63, 3.8) is 0 Å². The second kappa shape index (κ2) is 8.33. The molecule has 0 unspecified atom stereocenters. The molecule has 1 heterocycles. The van der Waals surface area contributed by atoms with Crippen molar-refractivity contribution in [1.82, 2.24) is 20.4 Å². The molecule has 23 heavy (non-hydrogen) atoms. The highest BCUT2D eigenvalue weighted by atomic mass is 16.5. The summed E-state index contributed by atoms with van der Waals surface area (Å²) in [6.07, 6.45) is 0. The third kappa shape index (κ3) is 4.32. The Labute approximate surface area is 137 Å². The lowest BCUT2D eigenvalue weighted by Gasteiger charge is -2.12. The molecule has 1 aromatic heterocycles. The molecule has 0 saturated carbocycles. The monoisotopic (exact) mass is 315 g/mol. The van der Waals surface area contributed by atoms with E-state index in [2.05, 4.69) is 39.8 Å². The van der Waals surface area contributed by atoms with Gasteiger partial charge in [-0.15, -0.1) is 0 Å². The van der Waals surface area contributed by atoms with Crippen LogP contribution in [-0.2, 0) is 11.3 Å². The molecule has 2 aromatic rings. The van der Waals surface area contributed by atoms with Gasteiger partial charge in [0, 0.05) is 38.5 Å². The quantitative estimate of drug-likeness (QED) is 0.485. The number of benzene rings is 1. The number of hydrogen-bond acceptors (Lipinski definition) is 3. The van der Waals surface area contributed by atoms with Gasteiger partial charge >= 0.3 is 0 Å². The fourth-order valence-electron chi connectivity index (χ4n) is 2.42. The first-order valence-corrected chi connectivity index (χ1v) is 7.71. The van der Waals surface area contributed by atoms with Crippen LogP contribution >= 0.6 is 0 Å². The highest BCUT2D eigenvalue weighted by Crippen LogP contribution is 2.17. The van der Waals surface area contributed by atoms with E-state index in [1.807, 2.05) is 29.8 Å². The number of hydrogen-bond donors (Lipinski definition) is 2. The fourth-order valence-corrected chi connectivity index (χ4v) is 2.42. The van der Waals surface area contributed by atoms with Crippen molar-refractivity contribution in [2.24, 2.45) is 4.99 Å². The lowest BCUT2D eigenvalue weighted by molar-refractivity contribution is 0.203. The zero-order valence-electron chi connectivity index (χ0n) is 14.3. The van der Waals surface area contributed by atoms with Crippen LogP contribution in [0.3, 0.4) is 0 Å². The molecule has 0 amide bonds. The van der Waals surface area contributed by atoms with Gasteiger partial charge in [0.05, 0.1) is 18.0 Å². The third-order valence-electron chi connectivity index (χ3n) is 3.70. The SMILES string of the molecule is CN=C(NCCOC)NCc1c(C)nn(-c2ccccc2)c1C. The number of nitrogens with zero attached hydrogens (tertiary/aromatic N) is 3. The summed E-state index contributed by atoms with van der Waals surface area (Å²) in [6.45, 7) is 6.16. The Morgan fingerprint density at radius 1 is 1.22 bits per heavy atom. The average molecular weight is 315 g/mol. The van der Waals surface area contributed by atoms with E-state index in [0.717, 1.165) is 29.6 Å². The predicted molar refractivity (Wildman–Crippen MR) is 93.1 cm³/mol. The van der Waals surface area contributed by atoms with Gasteiger partial charge in [0.2, 0.25) is 0 Å². The molecule has 0 atom stereocenters. The van der Waals surface area contributed by atoms with Crippen molar-refractivity contribution in [3.8, 4) is 5.69 Å². The Morgan fingerprint density at radius 2 is 1.96 bits per heavy atom. The van der Waals surface area contributed by atoms with Crippen molar-refractivity contribution in [2.75, 3.05) is 27.3 Å². The van der Waals surface area contributed by atoms with E-state index in [4.69, 9.17) is 4.74 Å². The number of ether oxygens (including phenoxy) is 1. The van der Waals surface area contributed by atoms with Crippen LogP contribution in [0, 0.1) is 13.8 Å².